The zero-order valence-electron chi connectivity index (χ0n) is 12.0. The number of hydrogen-bond donors (Lipinski definition) is 2. The van der Waals surface area contributed by atoms with E-state index in [2.05, 4.69) is 4.72 Å². The summed E-state index contributed by atoms with van der Waals surface area (Å²) in [5.41, 5.74) is 0. The van der Waals surface area contributed by atoms with Crippen molar-refractivity contribution in [3.8, 4) is 0 Å². The Kier molecular flexibility index (Phi) is 5.69. The molecule has 0 saturated heterocycles. The fourth-order valence-electron chi connectivity index (χ4n) is 1.61. The molecular weight excluding hydrogens is 300 g/mol. The molecule has 8 heteroatoms. The maximum Gasteiger partial charge on any atom is 0.345 e. The molecule has 0 saturated carbocycles. The Balaban J connectivity index is 2.94. The van der Waals surface area contributed by atoms with Crippen molar-refractivity contribution in [1.29, 1.82) is 0 Å². The van der Waals surface area contributed by atoms with Crippen LogP contribution in [-0.2, 0) is 10.0 Å². The van der Waals surface area contributed by atoms with Crippen molar-refractivity contribution < 1.29 is 18.3 Å². The van der Waals surface area contributed by atoms with Crippen LogP contribution in [0.1, 0.15) is 23.5 Å². The lowest BCUT2D eigenvalue weighted by atomic mass is 10.1. The molecule has 0 fully saturated rings. The van der Waals surface area contributed by atoms with Crippen LogP contribution in [0.4, 0.5) is 0 Å². The van der Waals surface area contributed by atoms with Gasteiger partial charge in [0, 0.05) is 12.6 Å². The molecule has 0 aliphatic heterocycles. The minimum Gasteiger partial charge on any atom is -0.477 e. The van der Waals surface area contributed by atoms with Crippen LogP contribution in [0.3, 0.4) is 0 Å². The molecule has 1 aromatic rings. The van der Waals surface area contributed by atoms with Gasteiger partial charge in [0.25, 0.3) is 0 Å². The summed E-state index contributed by atoms with van der Waals surface area (Å²) in [7, 11) is 0.0604. The van der Waals surface area contributed by atoms with Crippen molar-refractivity contribution in [1.82, 2.24) is 9.62 Å². The third-order valence-electron chi connectivity index (χ3n) is 2.73. The summed E-state index contributed by atoms with van der Waals surface area (Å²) < 4.78 is 27.2. The van der Waals surface area contributed by atoms with Crippen LogP contribution in [0.15, 0.2) is 16.3 Å². The van der Waals surface area contributed by atoms with E-state index in [0.717, 1.165) is 11.3 Å². The smallest absolute Gasteiger partial charge is 0.345 e. The van der Waals surface area contributed by atoms with Crippen molar-refractivity contribution in [3.05, 3.63) is 17.0 Å². The number of nitrogens with one attached hydrogen (secondary N) is 1. The average Bonchev–Trinajstić information content (AvgIpc) is 2.76. The van der Waals surface area contributed by atoms with E-state index in [1.807, 2.05) is 32.8 Å². The molecule has 6 nitrogen and oxygen atoms in total. The number of carbonyl (C=O) groups is 1. The summed E-state index contributed by atoms with van der Waals surface area (Å²) in [6, 6.07) is 2.40. The summed E-state index contributed by atoms with van der Waals surface area (Å²) in [5, 5.41) is 8.84. The molecular formula is C12H20N2O4S2. The molecule has 20 heavy (non-hydrogen) atoms. The molecule has 1 rings (SSSR count). The largest absolute Gasteiger partial charge is 0.477 e. The second-order valence-electron chi connectivity index (χ2n) is 5.16. The van der Waals surface area contributed by atoms with Gasteiger partial charge in [0.05, 0.1) is 0 Å². The Labute approximate surface area is 123 Å². The summed E-state index contributed by atoms with van der Waals surface area (Å²) in [6.07, 6.45) is 0. The fourth-order valence-corrected chi connectivity index (χ4v) is 4.15. The number of likely N-dealkylation sites (N-methyl/N-ethyl adjacent to an activating group) is 1. The monoisotopic (exact) mass is 320 g/mol. The minimum absolute atomic E-state index is 0.0130. The standard InChI is InChI=1S/C12H20N2O4S2/c1-8(2)9(7-14(3)4)13-20(17,18)11-6-5-10(19-11)12(15)16/h5-6,8-9,13H,7H2,1-4H3,(H,15,16). The Morgan fingerprint density at radius 1 is 1.40 bits per heavy atom. The lowest BCUT2D eigenvalue weighted by Crippen LogP contribution is -2.44. The first kappa shape index (κ1) is 17.1. The van der Waals surface area contributed by atoms with Gasteiger partial charge in [-0.3, -0.25) is 0 Å². The molecule has 0 aliphatic carbocycles. The molecule has 1 aromatic heterocycles. The van der Waals surface area contributed by atoms with E-state index in [1.165, 1.54) is 12.1 Å². The van der Waals surface area contributed by atoms with Gasteiger partial charge in [0.1, 0.15) is 9.09 Å². The van der Waals surface area contributed by atoms with Crippen molar-refractivity contribution >= 4 is 27.3 Å². The highest BCUT2D eigenvalue weighted by Gasteiger charge is 2.25. The molecule has 1 atom stereocenters. The first-order valence-corrected chi connectivity index (χ1v) is 8.43. The lowest BCUT2D eigenvalue weighted by Gasteiger charge is -2.25. The average molecular weight is 320 g/mol. The quantitative estimate of drug-likeness (QED) is 0.791. The molecule has 0 spiro atoms. The van der Waals surface area contributed by atoms with Crippen molar-refractivity contribution in [2.75, 3.05) is 20.6 Å². The SMILES string of the molecule is CC(C)C(CN(C)C)NS(=O)(=O)c1ccc(C(=O)O)s1. The van der Waals surface area contributed by atoms with Gasteiger partial charge in [-0.25, -0.2) is 17.9 Å². The fraction of sp³-hybridized carbons (Fsp3) is 0.583. The van der Waals surface area contributed by atoms with E-state index >= 15 is 0 Å². The molecule has 0 radical (unpaired) electrons. The zero-order valence-corrected chi connectivity index (χ0v) is 13.6. The topological polar surface area (TPSA) is 86.7 Å². The molecule has 0 bridgehead atoms. The van der Waals surface area contributed by atoms with Gasteiger partial charge in [0.2, 0.25) is 10.0 Å². The highest BCUT2D eigenvalue weighted by atomic mass is 32.2. The van der Waals surface area contributed by atoms with Gasteiger partial charge in [0.15, 0.2) is 0 Å². The van der Waals surface area contributed by atoms with Gasteiger partial charge < -0.3 is 10.0 Å². The number of carboxylic acid groups (broad SMARTS) is 1. The third kappa shape index (κ3) is 4.55. The Bertz CT molecular complexity index is 564. The van der Waals surface area contributed by atoms with Crippen LogP contribution in [0.2, 0.25) is 0 Å². The first-order valence-electron chi connectivity index (χ1n) is 6.13. The summed E-state index contributed by atoms with van der Waals surface area (Å²) >= 11 is 0.757. The number of rotatable bonds is 7. The van der Waals surface area contributed by atoms with Crippen LogP contribution in [0.25, 0.3) is 0 Å². The predicted octanol–water partition coefficient (Wildman–Crippen LogP) is 1.31. The number of nitrogens with zero attached hydrogens (tertiary/aromatic N) is 1. The second kappa shape index (κ2) is 6.66. The van der Waals surface area contributed by atoms with Gasteiger partial charge in [-0.2, -0.15) is 0 Å². The van der Waals surface area contributed by atoms with E-state index < -0.39 is 16.0 Å². The van der Waals surface area contributed by atoms with E-state index in [1.54, 1.807) is 0 Å². The van der Waals surface area contributed by atoms with Gasteiger partial charge in [-0.05, 0) is 32.1 Å². The van der Waals surface area contributed by atoms with E-state index in [0.29, 0.717) is 6.54 Å². The lowest BCUT2D eigenvalue weighted by molar-refractivity contribution is 0.0702. The van der Waals surface area contributed by atoms with Crippen LogP contribution >= 0.6 is 11.3 Å². The number of carboxylic acids is 1. The molecule has 2 N–H and O–H groups in total. The maximum absolute atomic E-state index is 12.3. The molecule has 1 unspecified atom stereocenters. The summed E-state index contributed by atoms with van der Waals surface area (Å²) in [6.45, 7) is 4.45. The van der Waals surface area contributed by atoms with Crippen molar-refractivity contribution in [2.45, 2.75) is 24.1 Å². The van der Waals surface area contributed by atoms with Crippen molar-refractivity contribution in [2.24, 2.45) is 5.92 Å². The maximum atomic E-state index is 12.3. The molecule has 0 aromatic carbocycles. The van der Waals surface area contributed by atoms with Crippen LogP contribution in [0, 0.1) is 5.92 Å². The van der Waals surface area contributed by atoms with Crippen molar-refractivity contribution in [3.63, 3.8) is 0 Å². The van der Waals surface area contributed by atoms with Gasteiger partial charge in [-0.1, -0.05) is 13.8 Å². The zero-order chi connectivity index (χ0) is 15.5. The van der Waals surface area contributed by atoms with Crippen LogP contribution < -0.4 is 4.72 Å². The van der Waals surface area contributed by atoms with Crippen LogP contribution in [-0.4, -0.2) is 51.1 Å². The normalized spacial score (nSPS) is 13.9. The minimum atomic E-state index is -3.68. The molecule has 114 valence electrons. The highest BCUT2D eigenvalue weighted by Crippen LogP contribution is 2.22. The van der Waals surface area contributed by atoms with Crippen LogP contribution in [0.5, 0.6) is 0 Å². The number of hydrogen-bond acceptors (Lipinski definition) is 5. The van der Waals surface area contributed by atoms with Gasteiger partial charge in [-0.15, -0.1) is 11.3 Å². The third-order valence-corrected chi connectivity index (χ3v) is 5.79. The number of sulfonamides is 1. The summed E-state index contributed by atoms with van der Waals surface area (Å²) in [4.78, 5) is 12.7. The van der Waals surface area contributed by atoms with E-state index in [9.17, 15) is 13.2 Å². The second-order valence-corrected chi connectivity index (χ2v) is 8.18. The van der Waals surface area contributed by atoms with E-state index in [-0.39, 0.29) is 21.0 Å². The first-order chi connectivity index (χ1) is 9.13. The molecule has 0 amide bonds. The van der Waals surface area contributed by atoms with Gasteiger partial charge >= 0.3 is 5.97 Å². The Morgan fingerprint density at radius 3 is 2.40 bits per heavy atom. The Morgan fingerprint density at radius 2 is 2.00 bits per heavy atom. The highest BCUT2D eigenvalue weighted by molar-refractivity contribution is 7.91. The number of thiophene rings is 1. The molecule has 0 aliphatic rings. The predicted molar refractivity (Wildman–Crippen MR) is 78.8 cm³/mol. The molecule has 1 heterocycles. The summed E-state index contributed by atoms with van der Waals surface area (Å²) in [5.74, 6) is -0.990. The van der Waals surface area contributed by atoms with E-state index in [4.69, 9.17) is 5.11 Å². The Hall–Kier alpha value is -0.960. The number of aromatic carboxylic acids is 1.